The largest absolute Gasteiger partial charge is 0.344 e. The number of hydrogen-bond acceptors (Lipinski definition) is 3. The zero-order chi connectivity index (χ0) is 15.7. The summed E-state index contributed by atoms with van der Waals surface area (Å²) in [5.74, 6) is -0.144. The highest BCUT2D eigenvalue weighted by molar-refractivity contribution is 6.30. The highest BCUT2D eigenvalue weighted by atomic mass is 35.5. The number of halogens is 1. The standard InChI is InChI=1S/C14H21ClN4O2/c1-5-11-14(21)19(8(2)6-12(20)16-11)7-10-9(3)17-18(4)13(10)15/h8,11H,5-7H2,1-4H3,(H,16,20). The van der Waals surface area contributed by atoms with Crippen LogP contribution in [0.4, 0.5) is 0 Å². The molecule has 0 saturated carbocycles. The van der Waals surface area contributed by atoms with Gasteiger partial charge in [-0.25, -0.2) is 0 Å². The number of amides is 2. The van der Waals surface area contributed by atoms with E-state index in [9.17, 15) is 9.59 Å². The molecule has 116 valence electrons. The summed E-state index contributed by atoms with van der Waals surface area (Å²) in [7, 11) is 1.77. The Kier molecular flexibility index (Phi) is 4.56. The molecule has 1 N–H and O–H groups in total. The minimum absolute atomic E-state index is 0.0600. The predicted octanol–water partition coefficient (Wildman–Crippen LogP) is 1.40. The summed E-state index contributed by atoms with van der Waals surface area (Å²) < 4.78 is 1.60. The van der Waals surface area contributed by atoms with Gasteiger partial charge in [-0.05, 0) is 20.3 Å². The fourth-order valence-corrected chi connectivity index (χ4v) is 2.88. The summed E-state index contributed by atoms with van der Waals surface area (Å²) in [5.41, 5.74) is 1.64. The van der Waals surface area contributed by atoms with Crippen molar-refractivity contribution in [2.45, 2.75) is 52.2 Å². The van der Waals surface area contributed by atoms with Crippen molar-refractivity contribution in [3.63, 3.8) is 0 Å². The molecule has 0 bridgehead atoms. The van der Waals surface area contributed by atoms with E-state index in [-0.39, 0.29) is 17.9 Å². The molecule has 1 aromatic rings. The maximum absolute atomic E-state index is 12.6. The zero-order valence-corrected chi connectivity index (χ0v) is 13.6. The third-order valence-corrected chi connectivity index (χ3v) is 4.41. The molecule has 2 heterocycles. The SMILES string of the molecule is CCC1NC(=O)CC(C)N(Cc2c(C)nn(C)c2Cl)C1=O. The second-order valence-electron chi connectivity index (χ2n) is 5.53. The third kappa shape index (κ3) is 3.05. The Morgan fingerprint density at radius 1 is 1.43 bits per heavy atom. The van der Waals surface area contributed by atoms with E-state index in [0.29, 0.717) is 24.5 Å². The van der Waals surface area contributed by atoms with Crippen molar-refractivity contribution in [2.75, 3.05) is 0 Å². The minimum atomic E-state index is -0.460. The minimum Gasteiger partial charge on any atom is -0.344 e. The summed E-state index contributed by atoms with van der Waals surface area (Å²) in [6, 6.07) is -0.622. The number of rotatable bonds is 3. The van der Waals surface area contributed by atoms with Crippen molar-refractivity contribution in [3.05, 3.63) is 16.4 Å². The normalized spacial score (nSPS) is 23.2. The van der Waals surface area contributed by atoms with Crippen LogP contribution in [-0.4, -0.2) is 38.6 Å². The van der Waals surface area contributed by atoms with Gasteiger partial charge in [-0.15, -0.1) is 0 Å². The average molecular weight is 313 g/mol. The van der Waals surface area contributed by atoms with E-state index in [1.807, 2.05) is 20.8 Å². The van der Waals surface area contributed by atoms with Crippen LogP contribution >= 0.6 is 11.6 Å². The van der Waals surface area contributed by atoms with Crippen LogP contribution < -0.4 is 5.32 Å². The number of carbonyl (C=O) groups is 2. The zero-order valence-electron chi connectivity index (χ0n) is 12.8. The van der Waals surface area contributed by atoms with Gasteiger partial charge in [0.15, 0.2) is 0 Å². The summed E-state index contributed by atoms with van der Waals surface area (Å²) in [4.78, 5) is 26.1. The van der Waals surface area contributed by atoms with Crippen molar-refractivity contribution < 1.29 is 9.59 Å². The highest BCUT2D eigenvalue weighted by Gasteiger charge is 2.33. The molecule has 1 aliphatic heterocycles. The Hall–Kier alpha value is -1.56. The van der Waals surface area contributed by atoms with Gasteiger partial charge in [-0.3, -0.25) is 14.3 Å². The molecule has 7 heteroatoms. The van der Waals surface area contributed by atoms with Crippen molar-refractivity contribution in [1.82, 2.24) is 20.0 Å². The molecule has 0 aromatic carbocycles. The van der Waals surface area contributed by atoms with Crippen LogP contribution in [0.25, 0.3) is 0 Å². The number of aromatic nitrogens is 2. The molecule has 0 radical (unpaired) electrons. The number of nitrogens with one attached hydrogen (secondary N) is 1. The van der Waals surface area contributed by atoms with Gasteiger partial charge < -0.3 is 10.2 Å². The Morgan fingerprint density at radius 3 is 2.62 bits per heavy atom. The van der Waals surface area contributed by atoms with Gasteiger partial charge in [0.2, 0.25) is 11.8 Å². The van der Waals surface area contributed by atoms with Crippen molar-refractivity contribution in [2.24, 2.45) is 7.05 Å². The maximum atomic E-state index is 12.6. The lowest BCUT2D eigenvalue weighted by Gasteiger charge is -2.28. The maximum Gasteiger partial charge on any atom is 0.245 e. The van der Waals surface area contributed by atoms with Gasteiger partial charge in [0.25, 0.3) is 0 Å². The van der Waals surface area contributed by atoms with E-state index in [1.54, 1.807) is 16.6 Å². The quantitative estimate of drug-likeness (QED) is 0.917. The first-order valence-electron chi connectivity index (χ1n) is 7.13. The van der Waals surface area contributed by atoms with Gasteiger partial charge >= 0.3 is 0 Å². The topological polar surface area (TPSA) is 67.2 Å². The lowest BCUT2D eigenvalue weighted by molar-refractivity contribution is -0.135. The summed E-state index contributed by atoms with van der Waals surface area (Å²) >= 11 is 6.25. The number of hydrogen-bond donors (Lipinski definition) is 1. The lowest BCUT2D eigenvalue weighted by Crippen LogP contribution is -2.45. The smallest absolute Gasteiger partial charge is 0.245 e. The van der Waals surface area contributed by atoms with Crippen molar-refractivity contribution in [1.29, 1.82) is 0 Å². The molecule has 1 aromatic heterocycles. The van der Waals surface area contributed by atoms with Crippen LogP contribution in [0, 0.1) is 6.92 Å². The van der Waals surface area contributed by atoms with Gasteiger partial charge in [-0.1, -0.05) is 18.5 Å². The summed E-state index contributed by atoms with van der Waals surface area (Å²) in [5, 5.41) is 7.57. The van der Waals surface area contributed by atoms with E-state index in [2.05, 4.69) is 10.4 Å². The van der Waals surface area contributed by atoms with Crippen molar-refractivity contribution in [3.8, 4) is 0 Å². The molecular formula is C14H21ClN4O2. The lowest BCUT2D eigenvalue weighted by atomic mass is 10.1. The van der Waals surface area contributed by atoms with E-state index in [1.165, 1.54) is 0 Å². The number of aryl methyl sites for hydroxylation is 2. The van der Waals surface area contributed by atoms with Crippen LogP contribution in [0.3, 0.4) is 0 Å². The van der Waals surface area contributed by atoms with Gasteiger partial charge in [-0.2, -0.15) is 5.10 Å². The monoisotopic (exact) mass is 312 g/mol. The number of nitrogens with zero attached hydrogens (tertiary/aromatic N) is 3. The van der Waals surface area contributed by atoms with Gasteiger partial charge in [0.05, 0.1) is 12.2 Å². The molecule has 1 saturated heterocycles. The fraction of sp³-hybridized carbons (Fsp3) is 0.643. The third-order valence-electron chi connectivity index (χ3n) is 3.94. The summed E-state index contributed by atoms with van der Waals surface area (Å²) in [6.45, 7) is 6.02. The van der Waals surface area contributed by atoms with E-state index >= 15 is 0 Å². The molecule has 0 spiro atoms. The van der Waals surface area contributed by atoms with Crippen LogP contribution in [-0.2, 0) is 23.2 Å². The first-order chi connectivity index (χ1) is 9.85. The van der Waals surface area contributed by atoms with Crippen LogP contribution in [0.1, 0.15) is 37.9 Å². The molecule has 2 rings (SSSR count). The molecule has 0 aliphatic carbocycles. The van der Waals surface area contributed by atoms with Gasteiger partial charge in [0, 0.05) is 25.1 Å². The first kappa shape index (κ1) is 15.8. The van der Waals surface area contributed by atoms with E-state index in [0.717, 1.165) is 11.3 Å². The second-order valence-corrected chi connectivity index (χ2v) is 5.88. The first-order valence-corrected chi connectivity index (χ1v) is 7.50. The van der Waals surface area contributed by atoms with Crippen molar-refractivity contribution >= 4 is 23.4 Å². The molecule has 1 aliphatic rings. The molecule has 21 heavy (non-hydrogen) atoms. The van der Waals surface area contributed by atoms with E-state index < -0.39 is 6.04 Å². The molecule has 2 amide bonds. The Bertz CT molecular complexity index is 570. The predicted molar refractivity (Wildman–Crippen MR) is 79.8 cm³/mol. The summed E-state index contributed by atoms with van der Waals surface area (Å²) in [6.07, 6.45) is 0.882. The van der Waals surface area contributed by atoms with Crippen LogP contribution in [0.2, 0.25) is 5.15 Å². The van der Waals surface area contributed by atoms with Gasteiger partial charge in [0.1, 0.15) is 11.2 Å². The molecule has 6 nitrogen and oxygen atoms in total. The molecule has 2 unspecified atom stereocenters. The Labute approximate surface area is 129 Å². The Balaban J connectivity index is 2.31. The Morgan fingerprint density at radius 2 is 2.10 bits per heavy atom. The average Bonchev–Trinajstić information content (AvgIpc) is 2.59. The fourth-order valence-electron chi connectivity index (χ4n) is 2.65. The van der Waals surface area contributed by atoms with Crippen LogP contribution in [0.5, 0.6) is 0 Å². The van der Waals surface area contributed by atoms with E-state index in [4.69, 9.17) is 11.6 Å². The molecule has 1 fully saturated rings. The second kappa shape index (κ2) is 6.05. The molecular weight excluding hydrogens is 292 g/mol. The number of carbonyl (C=O) groups excluding carboxylic acids is 2. The van der Waals surface area contributed by atoms with Crippen LogP contribution in [0.15, 0.2) is 0 Å². The molecule has 2 atom stereocenters. The highest BCUT2D eigenvalue weighted by Crippen LogP contribution is 2.23.